The molecular formula is C17H22S2. The predicted molar refractivity (Wildman–Crippen MR) is 90.2 cm³/mol. The molecule has 2 rings (SSSR count). The van der Waals surface area contributed by atoms with Crippen molar-refractivity contribution in [3.8, 4) is 0 Å². The van der Waals surface area contributed by atoms with Crippen LogP contribution in [0.1, 0.15) is 19.4 Å². The first-order valence-electron chi connectivity index (χ1n) is 6.73. The molecule has 2 heteroatoms. The summed E-state index contributed by atoms with van der Waals surface area (Å²) in [5.74, 6) is 0.617. The van der Waals surface area contributed by atoms with E-state index in [2.05, 4.69) is 69.5 Å². The van der Waals surface area contributed by atoms with Crippen LogP contribution in [0.4, 0.5) is 0 Å². The summed E-state index contributed by atoms with van der Waals surface area (Å²) in [6.45, 7) is 6.68. The Bertz CT molecular complexity index is 471. The Morgan fingerprint density at radius 2 is 1.79 bits per heavy atom. The van der Waals surface area contributed by atoms with Crippen molar-refractivity contribution in [1.82, 2.24) is 0 Å². The fourth-order valence-corrected chi connectivity index (χ4v) is 4.47. The zero-order chi connectivity index (χ0) is 13.8. The van der Waals surface area contributed by atoms with Crippen molar-refractivity contribution in [3.63, 3.8) is 0 Å². The summed E-state index contributed by atoms with van der Waals surface area (Å²) >= 11 is 3.94. The largest absolute Gasteiger partial charge is 0.157 e. The summed E-state index contributed by atoms with van der Waals surface area (Å²) in [5, 5.41) is 1.21. The van der Waals surface area contributed by atoms with Crippen molar-refractivity contribution in [2.75, 3.05) is 6.26 Å². The third-order valence-corrected chi connectivity index (χ3v) is 5.79. The number of hydrogen-bond acceptors (Lipinski definition) is 2. The number of allylic oxidation sites excluding steroid dienone is 3. The lowest BCUT2D eigenvalue weighted by atomic mass is 9.94. The van der Waals surface area contributed by atoms with Gasteiger partial charge in [0.15, 0.2) is 0 Å². The fourth-order valence-electron chi connectivity index (χ4n) is 2.38. The van der Waals surface area contributed by atoms with Gasteiger partial charge in [0.05, 0.1) is 0 Å². The third-order valence-electron chi connectivity index (χ3n) is 3.54. The van der Waals surface area contributed by atoms with Crippen LogP contribution in [-0.4, -0.2) is 16.8 Å². The van der Waals surface area contributed by atoms with Gasteiger partial charge in [-0.05, 0) is 32.2 Å². The first kappa shape index (κ1) is 14.8. The maximum absolute atomic E-state index is 2.44. The molecule has 0 radical (unpaired) electrons. The molecule has 0 saturated carbocycles. The standard InChI is InChI=1S/C17H22S2/c1-12-5-8-15(9-6-12)19-14(3)16-11-13(2)7-10-17(16)18-4/h5-11,14,16-17H,1-4H3. The molecule has 0 aliphatic heterocycles. The van der Waals surface area contributed by atoms with Gasteiger partial charge in [0, 0.05) is 21.3 Å². The van der Waals surface area contributed by atoms with Crippen molar-refractivity contribution in [3.05, 3.63) is 53.6 Å². The SMILES string of the molecule is CSC1C=CC(C)=CC1C(C)Sc1ccc(C)cc1. The molecule has 1 aliphatic carbocycles. The van der Waals surface area contributed by atoms with Crippen LogP contribution in [0.3, 0.4) is 0 Å². The summed E-state index contributed by atoms with van der Waals surface area (Å²) < 4.78 is 0. The lowest BCUT2D eigenvalue weighted by Crippen LogP contribution is -2.24. The lowest BCUT2D eigenvalue weighted by molar-refractivity contribution is 0.657. The Hall–Kier alpha value is -0.600. The van der Waals surface area contributed by atoms with Crippen molar-refractivity contribution in [1.29, 1.82) is 0 Å². The van der Waals surface area contributed by atoms with E-state index in [4.69, 9.17) is 0 Å². The minimum atomic E-state index is 0.597. The van der Waals surface area contributed by atoms with Crippen LogP contribution in [0.15, 0.2) is 53.0 Å². The predicted octanol–water partition coefficient (Wildman–Crippen LogP) is 5.34. The van der Waals surface area contributed by atoms with Gasteiger partial charge in [0.25, 0.3) is 0 Å². The average Bonchev–Trinajstić information content (AvgIpc) is 2.41. The average molecular weight is 290 g/mol. The van der Waals surface area contributed by atoms with E-state index in [1.165, 1.54) is 16.0 Å². The maximum Gasteiger partial charge on any atom is 0.0301 e. The van der Waals surface area contributed by atoms with E-state index in [1.807, 2.05) is 23.5 Å². The fraction of sp³-hybridized carbons (Fsp3) is 0.412. The van der Waals surface area contributed by atoms with Crippen molar-refractivity contribution in [2.24, 2.45) is 5.92 Å². The van der Waals surface area contributed by atoms with E-state index in [-0.39, 0.29) is 0 Å². The second kappa shape index (κ2) is 6.71. The van der Waals surface area contributed by atoms with E-state index < -0.39 is 0 Å². The first-order chi connectivity index (χ1) is 9.10. The van der Waals surface area contributed by atoms with Gasteiger partial charge >= 0.3 is 0 Å². The molecule has 1 aromatic carbocycles. The number of thioether (sulfide) groups is 2. The maximum atomic E-state index is 2.44. The zero-order valence-electron chi connectivity index (χ0n) is 12.1. The zero-order valence-corrected chi connectivity index (χ0v) is 13.7. The van der Waals surface area contributed by atoms with E-state index in [0.29, 0.717) is 16.4 Å². The van der Waals surface area contributed by atoms with Crippen LogP contribution in [0.5, 0.6) is 0 Å². The Morgan fingerprint density at radius 1 is 1.11 bits per heavy atom. The highest BCUT2D eigenvalue weighted by Gasteiger charge is 2.25. The molecular weight excluding hydrogens is 268 g/mol. The Kier molecular flexibility index (Phi) is 5.23. The molecule has 3 unspecified atom stereocenters. The molecule has 19 heavy (non-hydrogen) atoms. The van der Waals surface area contributed by atoms with Crippen LogP contribution in [-0.2, 0) is 0 Å². The molecule has 0 saturated heterocycles. The van der Waals surface area contributed by atoms with Crippen molar-refractivity contribution < 1.29 is 0 Å². The van der Waals surface area contributed by atoms with Gasteiger partial charge in [-0.15, -0.1) is 11.8 Å². The van der Waals surface area contributed by atoms with Crippen LogP contribution in [0.25, 0.3) is 0 Å². The van der Waals surface area contributed by atoms with Gasteiger partial charge < -0.3 is 0 Å². The molecule has 0 heterocycles. The highest BCUT2D eigenvalue weighted by atomic mass is 32.2. The second-order valence-electron chi connectivity index (χ2n) is 5.18. The third kappa shape index (κ3) is 3.93. The van der Waals surface area contributed by atoms with E-state index in [1.54, 1.807) is 0 Å². The first-order valence-corrected chi connectivity index (χ1v) is 8.89. The minimum Gasteiger partial charge on any atom is -0.157 e. The quantitative estimate of drug-likeness (QED) is 0.687. The molecule has 0 fully saturated rings. The number of hydrogen-bond donors (Lipinski definition) is 0. The summed E-state index contributed by atoms with van der Waals surface area (Å²) in [6.07, 6.45) is 9.25. The van der Waals surface area contributed by atoms with Crippen LogP contribution in [0.2, 0.25) is 0 Å². The van der Waals surface area contributed by atoms with Gasteiger partial charge in [-0.25, -0.2) is 0 Å². The molecule has 1 aromatic rings. The van der Waals surface area contributed by atoms with E-state index >= 15 is 0 Å². The smallest absolute Gasteiger partial charge is 0.0301 e. The molecule has 0 bridgehead atoms. The van der Waals surface area contributed by atoms with Crippen molar-refractivity contribution >= 4 is 23.5 Å². The molecule has 1 aliphatic rings. The van der Waals surface area contributed by atoms with Crippen LogP contribution < -0.4 is 0 Å². The van der Waals surface area contributed by atoms with Gasteiger partial charge in [0.1, 0.15) is 0 Å². The topological polar surface area (TPSA) is 0 Å². The molecule has 102 valence electrons. The monoisotopic (exact) mass is 290 g/mol. The summed E-state index contributed by atoms with van der Waals surface area (Å²) in [6, 6.07) is 8.87. The van der Waals surface area contributed by atoms with Crippen LogP contribution in [0, 0.1) is 12.8 Å². The highest BCUT2D eigenvalue weighted by Crippen LogP contribution is 2.36. The van der Waals surface area contributed by atoms with Gasteiger partial charge in [-0.3, -0.25) is 0 Å². The molecule has 0 amide bonds. The summed E-state index contributed by atoms with van der Waals surface area (Å²) in [7, 11) is 0. The van der Waals surface area contributed by atoms with E-state index in [9.17, 15) is 0 Å². The van der Waals surface area contributed by atoms with Gasteiger partial charge in [-0.2, -0.15) is 11.8 Å². The van der Waals surface area contributed by atoms with Crippen LogP contribution >= 0.6 is 23.5 Å². The minimum absolute atomic E-state index is 0.597. The van der Waals surface area contributed by atoms with Crippen molar-refractivity contribution in [2.45, 2.75) is 36.2 Å². The summed E-state index contributed by atoms with van der Waals surface area (Å²) in [4.78, 5) is 1.37. The Balaban J connectivity index is 2.08. The summed E-state index contributed by atoms with van der Waals surface area (Å²) in [5.41, 5.74) is 2.72. The van der Waals surface area contributed by atoms with Gasteiger partial charge in [0.2, 0.25) is 0 Å². The number of benzene rings is 1. The second-order valence-corrected chi connectivity index (χ2v) is 7.65. The number of rotatable bonds is 4. The molecule has 0 nitrogen and oxygen atoms in total. The molecule has 0 spiro atoms. The number of aryl methyl sites for hydroxylation is 1. The molecule has 0 aromatic heterocycles. The molecule has 3 atom stereocenters. The molecule has 0 N–H and O–H groups in total. The Labute approximate surface area is 125 Å². The van der Waals surface area contributed by atoms with E-state index in [0.717, 1.165) is 0 Å². The normalized spacial score (nSPS) is 24.1. The van der Waals surface area contributed by atoms with Gasteiger partial charge in [-0.1, -0.05) is 48.4 Å². The lowest BCUT2D eigenvalue weighted by Gasteiger charge is -2.29. The Morgan fingerprint density at radius 3 is 2.42 bits per heavy atom. The highest BCUT2D eigenvalue weighted by molar-refractivity contribution is 8.00.